The first-order valence-corrected chi connectivity index (χ1v) is 7.51. The number of hydrogen-bond acceptors (Lipinski definition) is 5. The van der Waals surface area contributed by atoms with Crippen LogP contribution in [0.1, 0.15) is 15.9 Å². The Morgan fingerprint density at radius 2 is 1.82 bits per heavy atom. The number of amides is 1. The largest absolute Gasteiger partial charge is 0.507 e. The number of phenolic OH excluding ortho intramolecular Hbond substituents is 3. The van der Waals surface area contributed by atoms with E-state index in [1.54, 1.807) is 12.1 Å². The Bertz CT molecular complexity index is 763. The van der Waals surface area contributed by atoms with Gasteiger partial charge in [0.2, 0.25) is 0 Å². The van der Waals surface area contributed by atoms with E-state index in [1.165, 1.54) is 24.4 Å². The molecule has 4 N–H and O–H groups in total. The van der Waals surface area contributed by atoms with Gasteiger partial charge in [-0.1, -0.05) is 12.1 Å². The van der Waals surface area contributed by atoms with Crippen LogP contribution in [0, 0.1) is 0 Å². The van der Waals surface area contributed by atoms with Crippen molar-refractivity contribution in [3.8, 4) is 17.2 Å². The summed E-state index contributed by atoms with van der Waals surface area (Å²) in [6, 6.07) is 7.48. The van der Waals surface area contributed by atoms with Crippen LogP contribution in [0.15, 0.2) is 44.4 Å². The van der Waals surface area contributed by atoms with Crippen molar-refractivity contribution in [2.75, 3.05) is 0 Å². The topological polar surface area (TPSA) is 102 Å². The van der Waals surface area contributed by atoms with E-state index in [9.17, 15) is 20.1 Å². The SMILES string of the molecule is O=C(N/N=C\c1cc(Br)c(O)c(Br)c1O)c1ccccc1O. The summed E-state index contributed by atoms with van der Waals surface area (Å²) < 4.78 is 0.459. The molecule has 22 heavy (non-hydrogen) atoms. The van der Waals surface area contributed by atoms with Gasteiger partial charge in [0.15, 0.2) is 0 Å². The number of hydrogen-bond donors (Lipinski definition) is 4. The van der Waals surface area contributed by atoms with Crippen LogP contribution >= 0.6 is 31.9 Å². The van der Waals surface area contributed by atoms with Gasteiger partial charge in [0, 0.05) is 5.56 Å². The summed E-state index contributed by atoms with van der Waals surface area (Å²) in [7, 11) is 0. The summed E-state index contributed by atoms with van der Waals surface area (Å²) in [5.41, 5.74) is 2.59. The van der Waals surface area contributed by atoms with Crippen LogP contribution in [-0.2, 0) is 0 Å². The molecule has 0 atom stereocenters. The minimum Gasteiger partial charge on any atom is -0.507 e. The van der Waals surface area contributed by atoms with Gasteiger partial charge in [-0.25, -0.2) is 5.43 Å². The van der Waals surface area contributed by atoms with Crippen LogP contribution in [0.2, 0.25) is 0 Å². The zero-order valence-corrected chi connectivity index (χ0v) is 14.1. The molecule has 2 aromatic rings. The fourth-order valence-electron chi connectivity index (χ4n) is 1.60. The summed E-state index contributed by atoms with van der Waals surface area (Å²) in [4.78, 5) is 11.8. The van der Waals surface area contributed by atoms with Crippen LogP contribution in [0.3, 0.4) is 0 Å². The molecule has 0 aliphatic carbocycles. The van der Waals surface area contributed by atoms with Crippen molar-refractivity contribution in [2.24, 2.45) is 5.10 Å². The molecular formula is C14H10Br2N2O4. The van der Waals surface area contributed by atoms with E-state index in [4.69, 9.17) is 0 Å². The zero-order valence-electron chi connectivity index (χ0n) is 10.9. The van der Waals surface area contributed by atoms with Crippen LogP contribution in [0.25, 0.3) is 0 Å². The average molecular weight is 430 g/mol. The predicted molar refractivity (Wildman–Crippen MR) is 88.3 cm³/mol. The monoisotopic (exact) mass is 428 g/mol. The number of halogens is 2. The molecule has 2 aromatic carbocycles. The lowest BCUT2D eigenvalue weighted by Gasteiger charge is -2.06. The first kappa shape index (κ1) is 16.3. The van der Waals surface area contributed by atoms with E-state index < -0.39 is 5.91 Å². The van der Waals surface area contributed by atoms with Crippen LogP contribution in [0.5, 0.6) is 17.2 Å². The number of aromatic hydroxyl groups is 3. The first-order valence-electron chi connectivity index (χ1n) is 5.93. The molecule has 8 heteroatoms. The number of phenols is 3. The number of carbonyl (C=O) groups excluding carboxylic acids is 1. The normalized spacial score (nSPS) is 10.8. The molecular weight excluding hydrogens is 420 g/mol. The highest BCUT2D eigenvalue weighted by atomic mass is 79.9. The average Bonchev–Trinajstić information content (AvgIpc) is 2.50. The Kier molecular flexibility index (Phi) is 5.04. The third-order valence-electron chi connectivity index (χ3n) is 2.72. The Balaban J connectivity index is 2.17. The molecule has 0 aliphatic rings. The molecule has 0 radical (unpaired) electrons. The highest BCUT2D eigenvalue weighted by molar-refractivity contribution is 9.11. The lowest BCUT2D eigenvalue weighted by Crippen LogP contribution is -2.17. The molecule has 114 valence electrons. The molecule has 6 nitrogen and oxygen atoms in total. The number of nitrogens with one attached hydrogen (secondary N) is 1. The summed E-state index contributed by atoms with van der Waals surface area (Å²) in [5.74, 6) is -1.12. The molecule has 0 saturated carbocycles. The van der Waals surface area contributed by atoms with Crippen molar-refractivity contribution in [3.63, 3.8) is 0 Å². The van der Waals surface area contributed by atoms with E-state index in [0.717, 1.165) is 0 Å². The minimum absolute atomic E-state index is 0.0805. The van der Waals surface area contributed by atoms with E-state index in [-0.39, 0.29) is 32.8 Å². The van der Waals surface area contributed by atoms with E-state index in [1.807, 2.05) is 0 Å². The standard InChI is InChI=1S/C14H10Br2N2O4/c15-9-5-7(12(20)11(16)13(9)21)6-17-18-14(22)8-3-1-2-4-10(8)19/h1-6,19-21H,(H,18,22)/b17-6-. The van der Waals surface area contributed by atoms with Crippen LogP contribution in [0.4, 0.5) is 0 Å². The molecule has 1 amide bonds. The van der Waals surface area contributed by atoms with Gasteiger partial charge in [0.05, 0.1) is 16.3 Å². The molecule has 0 spiro atoms. The maximum absolute atomic E-state index is 11.8. The van der Waals surface area contributed by atoms with Gasteiger partial charge in [-0.2, -0.15) is 5.10 Å². The van der Waals surface area contributed by atoms with Crippen molar-refractivity contribution in [1.29, 1.82) is 0 Å². The minimum atomic E-state index is -0.592. The molecule has 0 bridgehead atoms. The Hall–Kier alpha value is -2.06. The third-order valence-corrected chi connectivity index (χ3v) is 4.07. The van der Waals surface area contributed by atoms with E-state index >= 15 is 0 Å². The van der Waals surface area contributed by atoms with Gasteiger partial charge in [-0.15, -0.1) is 0 Å². The molecule has 0 fully saturated rings. The van der Waals surface area contributed by atoms with Gasteiger partial charge < -0.3 is 15.3 Å². The zero-order chi connectivity index (χ0) is 16.3. The number of benzene rings is 2. The van der Waals surface area contributed by atoms with Gasteiger partial charge in [0.1, 0.15) is 21.7 Å². The number of nitrogens with zero attached hydrogens (tertiary/aromatic N) is 1. The summed E-state index contributed by atoms with van der Waals surface area (Å²) >= 11 is 6.16. The van der Waals surface area contributed by atoms with E-state index in [0.29, 0.717) is 4.47 Å². The lowest BCUT2D eigenvalue weighted by molar-refractivity contribution is 0.0952. The molecule has 0 heterocycles. The molecule has 0 aliphatic heterocycles. The lowest BCUT2D eigenvalue weighted by atomic mass is 10.2. The summed E-state index contributed by atoms with van der Waals surface area (Å²) in [6.07, 6.45) is 1.21. The molecule has 0 aromatic heterocycles. The smallest absolute Gasteiger partial charge is 0.275 e. The van der Waals surface area contributed by atoms with Crippen molar-refractivity contribution < 1.29 is 20.1 Å². The van der Waals surface area contributed by atoms with Crippen LogP contribution < -0.4 is 5.43 Å². The quantitative estimate of drug-likeness (QED) is 0.444. The van der Waals surface area contributed by atoms with Gasteiger partial charge >= 0.3 is 0 Å². The first-order chi connectivity index (χ1) is 10.4. The maximum atomic E-state index is 11.8. The molecule has 0 unspecified atom stereocenters. The maximum Gasteiger partial charge on any atom is 0.275 e. The Labute approximate surface area is 142 Å². The second-order valence-electron chi connectivity index (χ2n) is 4.18. The van der Waals surface area contributed by atoms with E-state index in [2.05, 4.69) is 42.4 Å². The van der Waals surface area contributed by atoms with Crippen molar-refractivity contribution >= 4 is 44.0 Å². The second-order valence-corrected chi connectivity index (χ2v) is 5.82. The fourth-order valence-corrected chi connectivity index (χ4v) is 2.76. The highest BCUT2D eigenvalue weighted by Crippen LogP contribution is 2.40. The number of carbonyl (C=O) groups is 1. The van der Waals surface area contributed by atoms with Gasteiger partial charge in [0.25, 0.3) is 5.91 Å². The summed E-state index contributed by atoms with van der Waals surface area (Å²) in [6.45, 7) is 0. The summed E-state index contributed by atoms with van der Waals surface area (Å²) in [5, 5.41) is 32.7. The van der Waals surface area contributed by atoms with Gasteiger partial charge in [-0.3, -0.25) is 4.79 Å². The highest BCUT2D eigenvalue weighted by Gasteiger charge is 2.13. The number of para-hydroxylation sites is 1. The van der Waals surface area contributed by atoms with Crippen molar-refractivity contribution in [1.82, 2.24) is 5.43 Å². The van der Waals surface area contributed by atoms with Crippen molar-refractivity contribution in [2.45, 2.75) is 0 Å². The molecule has 2 rings (SSSR count). The molecule has 0 saturated heterocycles. The van der Waals surface area contributed by atoms with Gasteiger partial charge in [-0.05, 0) is 50.1 Å². The Morgan fingerprint density at radius 3 is 2.50 bits per heavy atom. The predicted octanol–water partition coefficient (Wildman–Crippen LogP) is 3.09. The fraction of sp³-hybridized carbons (Fsp3) is 0. The number of rotatable bonds is 3. The van der Waals surface area contributed by atoms with Crippen molar-refractivity contribution in [3.05, 3.63) is 50.4 Å². The van der Waals surface area contributed by atoms with Crippen LogP contribution in [-0.4, -0.2) is 27.4 Å². The Morgan fingerprint density at radius 1 is 1.14 bits per heavy atom. The third kappa shape index (κ3) is 3.40. The second kappa shape index (κ2) is 6.80. The number of hydrazone groups is 1.